The number of carbonyl (C=O) groups is 2. The lowest BCUT2D eigenvalue weighted by Gasteiger charge is -2.23. The van der Waals surface area contributed by atoms with Gasteiger partial charge in [-0.3, -0.25) is 14.5 Å². The molecular formula is C31H42N4O5. The van der Waals surface area contributed by atoms with Crippen LogP contribution in [0.1, 0.15) is 76.0 Å². The van der Waals surface area contributed by atoms with E-state index in [0.717, 1.165) is 45.6 Å². The molecule has 2 aromatic heterocycles. The molecule has 1 N–H and O–H groups in total. The summed E-state index contributed by atoms with van der Waals surface area (Å²) in [5.74, 6) is 0.465. The topological polar surface area (TPSA) is 105 Å². The fourth-order valence-electron chi connectivity index (χ4n) is 4.26. The summed E-state index contributed by atoms with van der Waals surface area (Å²) in [6.45, 7) is 15.9. The SMILES string of the molecule is CCC(=O)Oc1cn(C)nc1OCc1c(C)nc(CC(C)C)c(CNC(=O)OC(C)(C)C)c1-c1ccc(C)cc1. The zero-order valence-electron chi connectivity index (χ0n) is 25.2. The fraction of sp³-hybridized carbons (Fsp3) is 0.484. The van der Waals surface area contributed by atoms with Crippen molar-refractivity contribution in [1.82, 2.24) is 20.1 Å². The van der Waals surface area contributed by atoms with E-state index >= 15 is 0 Å². The van der Waals surface area contributed by atoms with Crippen molar-refractivity contribution in [3.05, 3.63) is 58.5 Å². The summed E-state index contributed by atoms with van der Waals surface area (Å²) in [5, 5.41) is 7.29. The number of carbonyl (C=O) groups excluding carboxylic acids is 2. The Morgan fingerprint density at radius 1 is 1.07 bits per heavy atom. The van der Waals surface area contributed by atoms with Crippen LogP contribution in [-0.4, -0.2) is 32.4 Å². The molecular weight excluding hydrogens is 508 g/mol. The number of pyridine rings is 1. The van der Waals surface area contributed by atoms with E-state index in [2.05, 4.69) is 48.5 Å². The number of nitrogens with one attached hydrogen (secondary N) is 1. The first-order chi connectivity index (χ1) is 18.8. The Balaban J connectivity index is 2.10. The zero-order valence-corrected chi connectivity index (χ0v) is 25.2. The lowest BCUT2D eigenvalue weighted by atomic mass is 9.90. The van der Waals surface area contributed by atoms with Gasteiger partial charge in [-0.1, -0.05) is 50.6 Å². The third-order valence-electron chi connectivity index (χ3n) is 6.07. The van der Waals surface area contributed by atoms with E-state index in [-0.39, 0.29) is 37.2 Å². The quantitative estimate of drug-likeness (QED) is 0.299. The number of aromatic nitrogens is 3. The minimum Gasteiger partial charge on any atom is -0.469 e. The Morgan fingerprint density at radius 3 is 2.35 bits per heavy atom. The number of hydrogen-bond acceptors (Lipinski definition) is 7. The molecule has 1 aromatic carbocycles. The minimum atomic E-state index is -0.614. The monoisotopic (exact) mass is 550 g/mol. The predicted molar refractivity (Wildman–Crippen MR) is 154 cm³/mol. The van der Waals surface area contributed by atoms with E-state index < -0.39 is 11.7 Å². The molecule has 0 unspecified atom stereocenters. The van der Waals surface area contributed by atoms with Gasteiger partial charge in [-0.15, -0.1) is 5.10 Å². The van der Waals surface area contributed by atoms with Crippen molar-refractivity contribution in [3.8, 4) is 22.8 Å². The maximum atomic E-state index is 12.6. The molecule has 0 aliphatic carbocycles. The van der Waals surface area contributed by atoms with Crippen LogP contribution >= 0.6 is 0 Å². The van der Waals surface area contributed by atoms with E-state index in [1.165, 1.54) is 0 Å². The van der Waals surface area contributed by atoms with Crippen LogP contribution in [0.2, 0.25) is 0 Å². The maximum absolute atomic E-state index is 12.6. The molecule has 0 aliphatic rings. The van der Waals surface area contributed by atoms with Crippen molar-refractivity contribution in [2.24, 2.45) is 13.0 Å². The average molecular weight is 551 g/mol. The molecule has 0 aliphatic heterocycles. The number of hydrogen-bond donors (Lipinski definition) is 1. The van der Waals surface area contributed by atoms with Gasteiger partial charge in [0.2, 0.25) is 5.75 Å². The van der Waals surface area contributed by atoms with Crippen LogP contribution in [-0.2, 0) is 36.2 Å². The third kappa shape index (κ3) is 8.31. The number of benzene rings is 1. The second-order valence-electron chi connectivity index (χ2n) is 11.4. The highest BCUT2D eigenvalue weighted by Crippen LogP contribution is 2.35. The standard InChI is InChI=1S/C31H42N4O5/c1-10-27(36)39-26-17-35(9)34-29(26)38-18-24-21(5)33-25(15-19(2)3)23(16-32-30(37)40-31(6,7)8)28(24)22-13-11-20(4)12-14-22/h11-14,17,19H,10,15-16,18H2,1-9H3,(H,32,37). The molecule has 0 saturated heterocycles. The molecule has 0 fully saturated rings. The smallest absolute Gasteiger partial charge is 0.407 e. The second-order valence-corrected chi connectivity index (χ2v) is 11.4. The van der Waals surface area contributed by atoms with E-state index in [9.17, 15) is 9.59 Å². The molecule has 0 saturated carbocycles. The van der Waals surface area contributed by atoms with Gasteiger partial charge in [0, 0.05) is 42.5 Å². The number of nitrogens with zero attached hydrogens (tertiary/aromatic N) is 3. The van der Waals surface area contributed by atoms with Crippen molar-refractivity contribution in [2.75, 3.05) is 0 Å². The lowest BCUT2D eigenvalue weighted by Crippen LogP contribution is -2.32. The predicted octanol–water partition coefficient (Wildman–Crippen LogP) is 6.22. The van der Waals surface area contributed by atoms with Crippen LogP contribution in [0.25, 0.3) is 11.1 Å². The molecule has 3 rings (SSSR count). The van der Waals surface area contributed by atoms with Crippen LogP contribution in [0.4, 0.5) is 4.79 Å². The first-order valence-corrected chi connectivity index (χ1v) is 13.7. The van der Waals surface area contributed by atoms with Gasteiger partial charge in [0.25, 0.3) is 5.88 Å². The first-order valence-electron chi connectivity index (χ1n) is 13.7. The Kier molecular flexibility index (Phi) is 9.95. The van der Waals surface area contributed by atoms with Crippen LogP contribution in [0, 0.1) is 19.8 Å². The molecule has 3 aromatic rings. The minimum absolute atomic E-state index is 0.136. The molecule has 0 atom stereocenters. The number of aryl methyl sites for hydroxylation is 3. The van der Waals surface area contributed by atoms with Gasteiger partial charge < -0.3 is 19.5 Å². The summed E-state index contributed by atoms with van der Waals surface area (Å²) in [6, 6.07) is 8.26. The van der Waals surface area contributed by atoms with Gasteiger partial charge in [-0.05, 0) is 58.1 Å². The number of alkyl carbamates (subject to hydrolysis) is 1. The summed E-state index contributed by atoms with van der Waals surface area (Å²) in [5.41, 5.74) is 5.95. The Morgan fingerprint density at radius 2 is 1.75 bits per heavy atom. The Labute approximate surface area is 237 Å². The molecule has 40 heavy (non-hydrogen) atoms. The Bertz CT molecular complexity index is 1340. The van der Waals surface area contributed by atoms with E-state index in [1.807, 2.05) is 34.6 Å². The normalized spacial score (nSPS) is 11.4. The number of rotatable bonds is 10. The lowest BCUT2D eigenvalue weighted by molar-refractivity contribution is -0.134. The zero-order chi connectivity index (χ0) is 29.6. The molecule has 1 amide bonds. The van der Waals surface area contributed by atoms with Crippen LogP contribution in [0.5, 0.6) is 11.6 Å². The van der Waals surface area contributed by atoms with Gasteiger partial charge in [0.05, 0.1) is 6.20 Å². The van der Waals surface area contributed by atoms with Gasteiger partial charge in [0.1, 0.15) is 12.2 Å². The molecule has 0 radical (unpaired) electrons. The van der Waals surface area contributed by atoms with Crippen molar-refractivity contribution in [3.63, 3.8) is 0 Å². The van der Waals surface area contributed by atoms with Crippen molar-refractivity contribution >= 4 is 12.1 Å². The van der Waals surface area contributed by atoms with Crippen molar-refractivity contribution in [2.45, 2.75) is 87.0 Å². The van der Waals surface area contributed by atoms with Gasteiger partial charge in [-0.25, -0.2) is 4.79 Å². The summed E-state index contributed by atoms with van der Waals surface area (Å²) >= 11 is 0. The summed E-state index contributed by atoms with van der Waals surface area (Å²) in [4.78, 5) is 29.6. The molecule has 9 heteroatoms. The van der Waals surface area contributed by atoms with E-state index in [1.54, 1.807) is 24.9 Å². The largest absolute Gasteiger partial charge is 0.469 e. The molecule has 0 spiro atoms. The highest BCUT2D eigenvalue weighted by atomic mass is 16.6. The van der Waals surface area contributed by atoms with E-state index in [0.29, 0.717) is 5.92 Å². The van der Waals surface area contributed by atoms with Gasteiger partial charge in [-0.2, -0.15) is 0 Å². The molecule has 0 bridgehead atoms. The average Bonchev–Trinajstić information content (AvgIpc) is 3.20. The molecule has 9 nitrogen and oxygen atoms in total. The molecule has 2 heterocycles. The van der Waals surface area contributed by atoms with Crippen LogP contribution in [0.3, 0.4) is 0 Å². The maximum Gasteiger partial charge on any atom is 0.407 e. The summed E-state index contributed by atoms with van der Waals surface area (Å²) < 4.78 is 18.6. The number of amides is 1. The third-order valence-corrected chi connectivity index (χ3v) is 6.07. The van der Waals surface area contributed by atoms with Gasteiger partial charge in [0.15, 0.2) is 0 Å². The van der Waals surface area contributed by atoms with Crippen molar-refractivity contribution in [1.29, 1.82) is 0 Å². The van der Waals surface area contributed by atoms with Crippen LogP contribution < -0.4 is 14.8 Å². The Hall–Kier alpha value is -3.88. The fourth-order valence-corrected chi connectivity index (χ4v) is 4.26. The number of esters is 1. The van der Waals surface area contributed by atoms with Crippen molar-refractivity contribution < 1.29 is 23.8 Å². The number of ether oxygens (including phenoxy) is 3. The van der Waals surface area contributed by atoms with E-state index in [4.69, 9.17) is 19.2 Å². The molecule has 216 valence electrons. The summed E-state index contributed by atoms with van der Waals surface area (Å²) in [7, 11) is 1.74. The highest BCUT2D eigenvalue weighted by Gasteiger charge is 2.23. The first kappa shape index (κ1) is 30.7. The van der Waals surface area contributed by atoms with Gasteiger partial charge >= 0.3 is 12.1 Å². The van der Waals surface area contributed by atoms with Crippen LogP contribution in [0.15, 0.2) is 30.5 Å². The second kappa shape index (κ2) is 13.0. The highest BCUT2D eigenvalue weighted by molar-refractivity contribution is 5.75. The summed E-state index contributed by atoms with van der Waals surface area (Å²) in [6.07, 6.45) is 2.09.